The summed E-state index contributed by atoms with van der Waals surface area (Å²) in [7, 11) is 0. The molecule has 0 aromatic heterocycles. The van der Waals surface area contributed by atoms with Crippen LogP contribution in [0, 0.1) is 0 Å². The van der Waals surface area contributed by atoms with E-state index in [1.165, 1.54) is 6.08 Å². The number of fused-ring (bicyclic) bond motifs is 2. The maximum Gasteiger partial charge on any atom is 0.331 e. The van der Waals surface area contributed by atoms with Gasteiger partial charge in [0.2, 0.25) is 6.79 Å². The summed E-state index contributed by atoms with van der Waals surface area (Å²) >= 11 is 0. The largest absolute Gasteiger partial charge is 0.454 e. The van der Waals surface area contributed by atoms with Crippen LogP contribution in [0.4, 0.5) is 5.69 Å². The van der Waals surface area contributed by atoms with Crippen LogP contribution in [0.25, 0.3) is 6.08 Å². The lowest BCUT2D eigenvalue weighted by molar-refractivity contribution is -0.149. The minimum Gasteiger partial charge on any atom is -0.454 e. The molecule has 2 aromatic rings. The summed E-state index contributed by atoms with van der Waals surface area (Å²) < 4.78 is 15.9. The van der Waals surface area contributed by atoms with Crippen LogP contribution >= 0.6 is 0 Å². The molecule has 0 saturated carbocycles. The number of rotatable bonds is 4. The van der Waals surface area contributed by atoms with Gasteiger partial charge in [0.15, 0.2) is 17.6 Å². The van der Waals surface area contributed by atoms with Gasteiger partial charge in [0.1, 0.15) is 0 Å². The van der Waals surface area contributed by atoms with Crippen molar-refractivity contribution in [3.63, 3.8) is 0 Å². The summed E-state index contributed by atoms with van der Waals surface area (Å²) in [6.07, 6.45) is 3.92. The summed E-state index contributed by atoms with van der Waals surface area (Å²) in [5.41, 5.74) is 2.83. The molecule has 6 nitrogen and oxygen atoms in total. The van der Waals surface area contributed by atoms with E-state index in [4.69, 9.17) is 14.2 Å². The van der Waals surface area contributed by atoms with Gasteiger partial charge in [-0.15, -0.1) is 0 Å². The predicted octanol–water partition coefficient (Wildman–Crippen LogP) is 3.34. The zero-order valence-electron chi connectivity index (χ0n) is 15.6. The third kappa shape index (κ3) is 3.71. The summed E-state index contributed by atoms with van der Waals surface area (Å²) in [6.45, 7) is 2.43. The number of hydrogen-bond acceptors (Lipinski definition) is 5. The molecule has 1 amide bonds. The van der Waals surface area contributed by atoms with Crippen molar-refractivity contribution in [2.75, 3.05) is 18.2 Å². The van der Waals surface area contributed by atoms with E-state index < -0.39 is 12.1 Å². The Bertz CT molecular complexity index is 936. The molecule has 28 heavy (non-hydrogen) atoms. The first-order chi connectivity index (χ1) is 13.6. The number of esters is 1. The van der Waals surface area contributed by atoms with Gasteiger partial charge in [-0.25, -0.2) is 4.79 Å². The van der Waals surface area contributed by atoms with Gasteiger partial charge in [0, 0.05) is 18.3 Å². The molecule has 6 heteroatoms. The van der Waals surface area contributed by atoms with Gasteiger partial charge in [-0.1, -0.05) is 24.3 Å². The Morgan fingerprint density at radius 1 is 1.14 bits per heavy atom. The molecule has 2 aliphatic heterocycles. The fraction of sp³-hybridized carbons (Fsp3) is 0.273. The summed E-state index contributed by atoms with van der Waals surface area (Å²) in [4.78, 5) is 26.7. The Morgan fingerprint density at radius 3 is 2.86 bits per heavy atom. The standard InChI is InChI=1S/C22H21NO5/c1-15(22(25)23-12-4-6-17-5-2-3-7-18(17)23)28-21(24)11-9-16-8-10-19-20(13-16)27-14-26-19/h2-3,5,7-11,13,15H,4,6,12,14H2,1H3/b11-9+. The quantitative estimate of drug-likeness (QED) is 0.602. The molecular weight excluding hydrogens is 358 g/mol. The fourth-order valence-corrected chi connectivity index (χ4v) is 3.43. The van der Waals surface area contributed by atoms with Crippen LogP contribution in [0.1, 0.15) is 24.5 Å². The van der Waals surface area contributed by atoms with E-state index in [0.29, 0.717) is 18.0 Å². The van der Waals surface area contributed by atoms with E-state index in [1.54, 1.807) is 30.0 Å². The minimum absolute atomic E-state index is 0.198. The maximum atomic E-state index is 12.8. The van der Waals surface area contributed by atoms with Crippen LogP contribution in [0.3, 0.4) is 0 Å². The average Bonchev–Trinajstić information content (AvgIpc) is 3.19. The molecule has 0 spiro atoms. The number of para-hydroxylation sites is 1. The van der Waals surface area contributed by atoms with Crippen LogP contribution in [0.5, 0.6) is 11.5 Å². The molecule has 4 rings (SSSR count). The third-order valence-electron chi connectivity index (χ3n) is 4.83. The van der Waals surface area contributed by atoms with Crippen molar-refractivity contribution in [1.29, 1.82) is 0 Å². The van der Waals surface area contributed by atoms with Gasteiger partial charge < -0.3 is 19.1 Å². The summed E-state index contributed by atoms with van der Waals surface area (Å²) in [6, 6.07) is 13.2. The van der Waals surface area contributed by atoms with Crippen molar-refractivity contribution in [3.8, 4) is 11.5 Å². The molecule has 0 fully saturated rings. The highest BCUT2D eigenvalue weighted by molar-refractivity contribution is 5.99. The molecule has 2 aliphatic rings. The van der Waals surface area contributed by atoms with Gasteiger partial charge in [-0.3, -0.25) is 4.79 Å². The van der Waals surface area contributed by atoms with Gasteiger partial charge in [0.25, 0.3) is 5.91 Å². The van der Waals surface area contributed by atoms with Crippen LogP contribution in [0.15, 0.2) is 48.5 Å². The van der Waals surface area contributed by atoms with Crippen molar-refractivity contribution < 1.29 is 23.8 Å². The second kappa shape index (κ2) is 7.76. The molecule has 1 atom stereocenters. The summed E-state index contributed by atoms with van der Waals surface area (Å²) in [5, 5.41) is 0. The lowest BCUT2D eigenvalue weighted by Gasteiger charge is -2.31. The Balaban J connectivity index is 1.39. The molecule has 0 aliphatic carbocycles. The number of ether oxygens (including phenoxy) is 3. The van der Waals surface area contributed by atoms with Crippen molar-refractivity contribution in [1.82, 2.24) is 0 Å². The molecule has 0 saturated heterocycles. The number of benzene rings is 2. The fourth-order valence-electron chi connectivity index (χ4n) is 3.43. The lowest BCUT2D eigenvalue weighted by Crippen LogP contribution is -2.42. The lowest BCUT2D eigenvalue weighted by atomic mass is 10.0. The first-order valence-electron chi connectivity index (χ1n) is 9.29. The zero-order chi connectivity index (χ0) is 19.5. The number of anilines is 1. The molecule has 2 aromatic carbocycles. The molecule has 0 radical (unpaired) electrons. The van der Waals surface area contributed by atoms with Gasteiger partial charge in [0.05, 0.1) is 0 Å². The van der Waals surface area contributed by atoms with Crippen LogP contribution in [-0.2, 0) is 20.7 Å². The maximum absolute atomic E-state index is 12.8. The first kappa shape index (κ1) is 18.1. The molecule has 1 unspecified atom stereocenters. The molecule has 0 N–H and O–H groups in total. The van der Waals surface area contributed by atoms with Crippen molar-refractivity contribution in [2.45, 2.75) is 25.9 Å². The van der Waals surface area contributed by atoms with Crippen molar-refractivity contribution in [3.05, 3.63) is 59.7 Å². The monoisotopic (exact) mass is 379 g/mol. The Labute approximate surface area is 163 Å². The van der Waals surface area contributed by atoms with Gasteiger partial charge >= 0.3 is 5.97 Å². The molecular formula is C22H21NO5. The van der Waals surface area contributed by atoms with E-state index in [9.17, 15) is 9.59 Å². The van der Waals surface area contributed by atoms with E-state index >= 15 is 0 Å². The number of carbonyl (C=O) groups excluding carboxylic acids is 2. The SMILES string of the molecule is CC(OC(=O)/C=C/c1ccc2c(c1)OCO2)C(=O)N1CCCc2ccccc21. The first-order valence-corrected chi connectivity index (χ1v) is 9.29. The highest BCUT2D eigenvalue weighted by atomic mass is 16.7. The number of nitrogens with zero attached hydrogens (tertiary/aromatic N) is 1. The van der Waals surface area contributed by atoms with Gasteiger partial charge in [-0.2, -0.15) is 0 Å². The second-order valence-electron chi connectivity index (χ2n) is 6.75. The number of amides is 1. The highest BCUT2D eigenvalue weighted by Crippen LogP contribution is 2.32. The number of carbonyl (C=O) groups is 2. The number of aryl methyl sites for hydroxylation is 1. The molecule has 2 heterocycles. The topological polar surface area (TPSA) is 65.1 Å². The minimum atomic E-state index is -0.861. The molecule has 144 valence electrons. The van der Waals surface area contributed by atoms with Crippen LogP contribution in [0.2, 0.25) is 0 Å². The Hall–Kier alpha value is -3.28. The summed E-state index contributed by atoms with van der Waals surface area (Å²) in [5.74, 6) is 0.546. The molecule has 0 bridgehead atoms. The Morgan fingerprint density at radius 2 is 1.96 bits per heavy atom. The predicted molar refractivity (Wildman–Crippen MR) is 104 cm³/mol. The van der Waals surface area contributed by atoms with Crippen LogP contribution < -0.4 is 14.4 Å². The van der Waals surface area contributed by atoms with E-state index in [-0.39, 0.29) is 12.7 Å². The van der Waals surface area contributed by atoms with E-state index in [2.05, 4.69) is 0 Å². The number of hydrogen-bond donors (Lipinski definition) is 0. The van der Waals surface area contributed by atoms with Crippen LogP contribution in [-0.4, -0.2) is 31.3 Å². The third-order valence-corrected chi connectivity index (χ3v) is 4.83. The second-order valence-corrected chi connectivity index (χ2v) is 6.75. The smallest absolute Gasteiger partial charge is 0.331 e. The highest BCUT2D eigenvalue weighted by Gasteiger charge is 2.27. The van der Waals surface area contributed by atoms with Crippen molar-refractivity contribution >= 4 is 23.6 Å². The Kier molecular flexibility index (Phi) is 5.02. The zero-order valence-corrected chi connectivity index (χ0v) is 15.6. The van der Waals surface area contributed by atoms with E-state index in [0.717, 1.165) is 29.7 Å². The van der Waals surface area contributed by atoms with Crippen molar-refractivity contribution in [2.24, 2.45) is 0 Å². The normalized spacial score (nSPS) is 16.0. The van der Waals surface area contributed by atoms with E-state index in [1.807, 2.05) is 30.3 Å². The van der Waals surface area contributed by atoms with Gasteiger partial charge in [-0.05, 0) is 55.2 Å². The average molecular weight is 379 g/mol.